The first-order valence-corrected chi connectivity index (χ1v) is 13.9. The second kappa shape index (κ2) is 6.05. The van der Waals surface area contributed by atoms with Crippen molar-refractivity contribution >= 4 is 6.08 Å². The van der Waals surface area contributed by atoms with Crippen molar-refractivity contribution in [3.8, 4) is 11.1 Å². The Hall–Kier alpha value is -1.15. The van der Waals surface area contributed by atoms with Gasteiger partial charge in [0.25, 0.3) is 0 Å². The zero-order valence-corrected chi connectivity index (χ0v) is 15.8. The van der Waals surface area contributed by atoms with Crippen LogP contribution >= 0.6 is 0 Å². The Balaban J connectivity index is 2.07. The van der Waals surface area contributed by atoms with Crippen molar-refractivity contribution in [2.24, 2.45) is 0 Å². The van der Waals surface area contributed by atoms with Crippen molar-refractivity contribution in [3.63, 3.8) is 0 Å². The fraction of sp³-hybridized carbons (Fsp3) is 0.263. The molecule has 2 aromatic rings. The molecule has 0 aromatic heterocycles. The van der Waals surface area contributed by atoms with Crippen LogP contribution < -0.4 is 0 Å². The van der Waals surface area contributed by atoms with E-state index in [-0.39, 0.29) is 0 Å². The number of allylic oxidation sites excluding steroid dienone is 1. The molecule has 0 saturated heterocycles. The van der Waals surface area contributed by atoms with Gasteiger partial charge in [0.05, 0.1) is 0 Å². The molecule has 1 aliphatic carbocycles. The van der Waals surface area contributed by atoms with Crippen LogP contribution in [0, 0.1) is 0 Å². The standard InChI is InChI=1S/C17H12F3.2CH3.Zr/c1-11-9-13-3-2-4-15(16(13)10-11)12-5-7-14(8-6-12)17(18,19)20;;;/h2-10H,1H3;2*1H3;. The Morgan fingerprint density at radius 1 is 0.957 bits per heavy atom. The summed E-state index contributed by atoms with van der Waals surface area (Å²) >= 11 is -1.45. The first-order chi connectivity index (χ1) is 10.8. The molecular weight excluding hydrogens is 376 g/mol. The van der Waals surface area contributed by atoms with Crippen LogP contribution in [-0.2, 0) is 27.9 Å². The van der Waals surface area contributed by atoms with Crippen LogP contribution in [0.5, 0.6) is 0 Å². The number of fused-ring (bicyclic) bond motifs is 1. The number of alkyl halides is 3. The first kappa shape index (κ1) is 16.7. The molecular formula is C19H18F3Zr. The molecule has 3 rings (SSSR count). The fourth-order valence-corrected chi connectivity index (χ4v) is 8.00. The molecule has 0 radical (unpaired) electrons. The molecule has 0 amide bonds. The molecule has 0 aliphatic heterocycles. The van der Waals surface area contributed by atoms with E-state index in [9.17, 15) is 13.2 Å². The summed E-state index contributed by atoms with van der Waals surface area (Å²) in [6, 6.07) is 11.7. The van der Waals surface area contributed by atoms with Crippen LogP contribution in [0.2, 0.25) is 9.26 Å². The molecule has 0 fully saturated rings. The Labute approximate surface area is 142 Å². The summed E-state index contributed by atoms with van der Waals surface area (Å²) in [7, 11) is 0. The van der Waals surface area contributed by atoms with Gasteiger partial charge in [-0.05, 0) is 0 Å². The van der Waals surface area contributed by atoms with E-state index < -0.39 is 33.5 Å². The van der Waals surface area contributed by atoms with Crippen LogP contribution in [0.15, 0.2) is 48.0 Å². The fourth-order valence-electron chi connectivity index (χ4n) is 3.41. The summed E-state index contributed by atoms with van der Waals surface area (Å²) in [5.74, 6) is 0. The van der Waals surface area contributed by atoms with E-state index >= 15 is 0 Å². The number of halogens is 3. The molecule has 0 saturated carbocycles. The van der Waals surface area contributed by atoms with Gasteiger partial charge < -0.3 is 0 Å². The monoisotopic (exact) mass is 393 g/mol. The van der Waals surface area contributed by atoms with Crippen molar-refractivity contribution < 1.29 is 34.9 Å². The Morgan fingerprint density at radius 3 is 2.17 bits per heavy atom. The molecule has 1 atom stereocenters. The predicted molar refractivity (Wildman–Crippen MR) is 85.0 cm³/mol. The quantitative estimate of drug-likeness (QED) is 0.542. The average Bonchev–Trinajstić information content (AvgIpc) is 2.82. The summed E-state index contributed by atoms with van der Waals surface area (Å²) in [6.07, 6.45) is -2.06. The summed E-state index contributed by atoms with van der Waals surface area (Å²) in [4.78, 5) is 0. The van der Waals surface area contributed by atoms with Gasteiger partial charge >= 0.3 is 143 Å². The number of rotatable bonds is 2. The SMILES string of the molecule is CC1=Cc2c(-c3ccc(C(F)(F)F)cc3)cccc2[CH]1[Zr]([CH3])[CH3]. The zero-order chi connectivity index (χ0) is 16.8. The molecule has 1 unspecified atom stereocenters. The molecule has 0 bridgehead atoms. The summed E-state index contributed by atoms with van der Waals surface area (Å²) < 4.78 is 43.6. The van der Waals surface area contributed by atoms with Gasteiger partial charge in [0, 0.05) is 0 Å². The third-order valence-electron chi connectivity index (χ3n) is 4.38. The molecule has 119 valence electrons. The van der Waals surface area contributed by atoms with Gasteiger partial charge in [0.15, 0.2) is 0 Å². The second-order valence-corrected chi connectivity index (χ2v) is 13.0. The maximum atomic E-state index is 12.7. The van der Waals surface area contributed by atoms with Crippen molar-refractivity contribution in [1.82, 2.24) is 0 Å². The van der Waals surface area contributed by atoms with Gasteiger partial charge in [0.2, 0.25) is 0 Å². The van der Waals surface area contributed by atoms with Crippen LogP contribution in [-0.4, -0.2) is 0 Å². The Morgan fingerprint density at radius 2 is 1.61 bits per heavy atom. The van der Waals surface area contributed by atoms with Crippen molar-refractivity contribution in [2.45, 2.75) is 26.0 Å². The molecule has 4 heteroatoms. The van der Waals surface area contributed by atoms with E-state index in [0.717, 1.165) is 11.1 Å². The normalized spacial score (nSPS) is 17.0. The van der Waals surface area contributed by atoms with Gasteiger partial charge in [0.1, 0.15) is 0 Å². The Kier molecular flexibility index (Phi) is 4.39. The van der Waals surface area contributed by atoms with E-state index in [1.165, 1.54) is 28.8 Å². The summed E-state index contributed by atoms with van der Waals surface area (Å²) in [5.41, 5.74) is 5.23. The topological polar surface area (TPSA) is 0 Å². The third kappa shape index (κ3) is 3.11. The van der Waals surface area contributed by atoms with Gasteiger partial charge in [-0.1, -0.05) is 0 Å². The molecule has 0 spiro atoms. The summed E-state index contributed by atoms with van der Waals surface area (Å²) in [5, 5.41) is 0. The third-order valence-corrected chi connectivity index (χ3v) is 9.10. The van der Waals surface area contributed by atoms with Gasteiger partial charge in [-0.15, -0.1) is 0 Å². The van der Waals surface area contributed by atoms with E-state index in [2.05, 4.69) is 28.3 Å². The summed E-state index contributed by atoms with van der Waals surface area (Å²) in [6.45, 7) is 2.18. The van der Waals surface area contributed by atoms with Gasteiger partial charge in [-0.2, -0.15) is 0 Å². The van der Waals surface area contributed by atoms with E-state index in [0.29, 0.717) is 3.63 Å². The van der Waals surface area contributed by atoms with Crippen LogP contribution in [0.1, 0.15) is 27.2 Å². The molecule has 0 N–H and O–H groups in total. The van der Waals surface area contributed by atoms with Crippen molar-refractivity contribution in [1.29, 1.82) is 0 Å². The molecule has 0 nitrogen and oxygen atoms in total. The van der Waals surface area contributed by atoms with Gasteiger partial charge in [-0.25, -0.2) is 0 Å². The van der Waals surface area contributed by atoms with E-state index in [1.807, 2.05) is 12.1 Å². The maximum absolute atomic E-state index is 12.7. The molecule has 1 aliphatic rings. The molecule has 23 heavy (non-hydrogen) atoms. The Bertz CT molecular complexity index is 755. The number of benzene rings is 2. The van der Waals surface area contributed by atoms with Gasteiger partial charge in [-0.3, -0.25) is 0 Å². The van der Waals surface area contributed by atoms with Crippen molar-refractivity contribution in [3.05, 3.63) is 64.7 Å². The number of hydrogen-bond donors (Lipinski definition) is 0. The van der Waals surface area contributed by atoms with Crippen LogP contribution in [0.4, 0.5) is 13.2 Å². The van der Waals surface area contributed by atoms with Crippen LogP contribution in [0.3, 0.4) is 0 Å². The van der Waals surface area contributed by atoms with Crippen LogP contribution in [0.25, 0.3) is 17.2 Å². The minimum atomic E-state index is -4.29. The second-order valence-electron chi connectivity index (χ2n) is 6.28. The van der Waals surface area contributed by atoms with Crippen molar-refractivity contribution in [2.75, 3.05) is 0 Å². The number of hydrogen-bond acceptors (Lipinski definition) is 0. The van der Waals surface area contributed by atoms with E-state index in [1.54, 1.807) is 12.1 Å². The molecule has 2 aromatic carbocycles. The predicted octanol–water partition coefficient (Wildman–Crippen LogP) is 6.54. The first-order valence-electron chi connectivity index (χ1n) is 7.58. The zero-order valence-electron chi connectivity index (χ0n) is 13.3. The average molecular weight is 395 g/mol. The minimum absolute atomic E-state index is 0.585. The van der Waals surface area contributed by atoms with E-state index in [4.69, 9.17) is 0 Å². The molecule has 0 heterocycles.